The zero-order valence-corrected chi connectivity index (χ0v) is 11.2. The number of carbonyl (C=O) groups excluding carboxylic acids is 1. The van der Waals surface area contributed by atoms with Crippen molar-refractivity contribution in [2.24, 2.45) is 23.2 Å². The van der Waals surface area contributed by atoms with Crippen molar-refractivity contribution < 1.29 is 4.79 Å². The maximum Gasteiger partial charge on any atom is 0.142 e. The Hall–Kier alpha value is -0.330. The maximum absolute atomic E-state index is 12.6. The summed E-state index contributed by atoms with van der Waals surface area (Å²) in [4.78, 5) is 12.6. The van der Waals surface area contributed by atoms with Gasteiger partial charge in [-0.25, -0.2) is 0 Å². The number of unbranched alkanes of at least 4 members (excludes halogenated alkanes) is 3. The molecule has 0 heterocycles. The van der Waals surface area contributed by atoms with Crippen LogP contribution in [0, 0.1) is 23.2 Å². The first-order valence-corrected chi connectivity index (χ1v) is 7.78. The van der Waals surface area contributed by atoms with E-state index >= 15 is 0 Å². The van der Waals surface area contributed by atoms with E-state index in [1.165, 1.54) is 64.2 Å². The molecular formula is C16H26O. The molecule has 0 N–H and O–H groups in total. The first-order valence-electron chi connectivity index (χ1n) is 7.78. The summed E-state index contributed by atoms with van der Waals surface area (Å²) in [7, 11) is 0. The van der Waals surface area contributed by atoms with E-state index in [9.17, 15) is 4.79 Å². The second-order valence-electron chi connectivity index (χ2n) is 7.00. The van der Waals surface area contributed by atoms with Crippen molar-refractivity contribution >= 4 is 5.78 Å². The third-order valence-corrected chi connectivity index (χ3v) is 5.66. The lowest BCUT2D eigenvalue weighted by Crippen LogP contribution is -2.53. The normalized spacial score (nSPS) is 43.4. The fourth-order valence-corrected chi connectivity index (χ4v) is 5.15. The van der Waals surface area contributed by atoms with Crippen LogP contribution in [0.25, 0.3) is 0 Å². The van der Waals surface area contributed by atoms with Gasteiger partial charge in [0.05, 0.1) is 0 Å². The van der Waals surface area contributed by atoms with E-state index in [1.807, 2.05) is 0 Å². The molecule has 4 rings (SSSR count). The number of Topliss-reactive ketones (excluding diaryl/α,β-unsaturated/α-hetero) is 1. The van der Waals surface area contributed by atoms with Gasteiger partial charge >= 0.3 is 0 Å². The molecule has 96 valence electrons. The van der Waals surface area contributed by atoms with Gasteiger partial charge in [0.1, 0.15) is 5.78 Å². The lowest BCUT2D eigenvalue weighted by Gasteiger charge is -2.55. The van der Waals surface area contributed by atoms with Gasteiger partial charge in [0, 0.05) is 11.3 Å². The molecule has 4 saturated carbocycles. The zero-order valence-electron chi connectivity index (χ0n) is 11.2. The van der Waals surface area contributed by atoms with E-state index in [2.05, 4.69) is 6.92 Å². The predicted octanol–water partition coefficient (Wildman–Crippen LogP) is 4.35. The summed E-state index contributed by atoms with van der Waals surface area (Å²) in [5.74, 6) is 2.99. The van der Waals surface area contributed by atoms with E-state index in [4.69, 9.17) is 0 Å². The standard InChI is InChI=1S/C16H26O/c1-2-3-4-5-6-16-10-12-7-13(11-16)9-14(8-12)15(16)17/h12-14H,2-11H2,1H3/t12-,13+,14?,16?. The van der Waals surface area contributed by atoms with Crippen LogP contribution in [0.1, 0.15) is 71.1 Å². The minimum atomic E-state index is 0.169. The second-order valence-corrected chi connectivity index (χ2v) is 7.00. The molecule has 0 spiro atoms. The zero-order chi connectivity index (χ0) is 11.9. The minimum Gasteiger partial charge on any atom is -0.299 e. The van der Waals surface area contributed by atoms with Gasteiger partial charge in [-0.1, -0.05) is 32.6 Å². The van der Waals surface area contributed by atoms with Crippen molar-refractivity contribution in [1.29, 1.82) is 0 Å². The SMILES string of the molecule is CCCCCCC12C[C@@H]3CC(C[C@@H](C3)C1)C2=O. The number of hydrogen-bond donors (Lipinski definition) is 0. The Bertz CT molecular complexity index is 293. The first-order chi connectivity index (χ1) is 8.23. The van der Waals surface area contributed by atoms with E-state index in [1.54, 1.807) is 0 Å². The summed E-state index contributed by atoms with van der Waals surface area (Å²) in [6.07, 6.45) is 12.9. The van der Waals surface area contributed by atoms with Gasteiger partial charge in [0.2, 0.25) is 0 Å². The molecule has 0 radical (unpaired) electrons. The second kappa shape index (κ2) is 4.40. The van der Waals surface area contributed by atoms with Gasteiger partial charge in [-0.05, 0) is 50.4 Å². The number of rotatable bonds is 5. The van der Waals surface area contributed by atoms with Crippen molar-refractivity contribution in [1.82, 2.24) is 0 Å². The molecule has 0 aromatic carbocycles. The van der Waals surface area contributed by atoms with E-state index in [0.717, 1.165) is 11.8 Å². The molecule has 4 aliphatic carbocycles. The molecule has 0 aromatic rings. The summed E-state index contributed by atoms with van der Waals surface area (Å²) in [6, 6.07) is 0. The highest BCUT2D eigenvalue weighted by atomic mass is 16.1. The van der Waals surface area contributed by atoms with Gasteiger partial charge in [-0.3, -0.25) is 4.79 Å². The third kappa shape index (κ3) is 1.96. The average Bonchev–Trinajstić information content (AvgIpc) is 2.31. The molecule has 4 bridgehead atoms. The Morgan fingerprint density at radius 1 is 1.06 bits per heavy atom. The number of hydrogen-bond acceptors (Lipinski definition) is 1. The van der Waals surface area contributed by atoms with Gasteiger partial charge in [-0.15, -0.1) is 0 Å². The van der Waals surface area contributed by atoms with Gasteiger partial charge in [-0.2, -0.15) is 0 Å². The molecule has 2 unspecified atom stereocenters. The van der Waals surface area contributed by atoms with Crippen molar-refractivity contribution in [2.75, 3.05) is 0 Å². The smallest absolute Gasteiger partial charge is 0.142 e. The first kappa shape index (κ1) is 11.7. The largest absolute Gasteiger partial charge is 0.299 e. The molecule has 0 saturated heterocycles. The number of carbonyl (C=O) groups is 1. The van der Waals surface area contributed by atoms with E-state index in [-0.39, 0.29) is 5.41 Å². The highest BCUT2D eigenvalue weighted by molar-refractivity contribution is 5.89. The van der Waals surface area contributed by atoms with Crippen LogP contribution in [0.2, 0.25) is 0 Å². The summed E-state index contributed by atoms with van der Waals surface area (Å²) < 4.78 is 0. The highest BCUT2D eigenvalue weighted by Crippen LogP contribution is 2.59. The Morgan fingerprint density at radius 3 is 2.41 bits per heavy atom. The molecule has 4 aliphatic rings. The molecule has 1 heteroatoms. The molecule has 17 heavy (non-hydrogen) atoms. The molecule has 0 aromatic heterocycles. The molecule has 0 aliphatic heterocycles. The highest BCUT2D eigenvalue weighted by Gasteiger charge is 2.55. The molecule has 4 atom stereocenters. The van der Waals surface area contributed by atoms with Crippen molar-refractivity contribution in [3.05, 3.63) is 0 Å². The van der Waals surface area contributed by atoms with Crippen molar-refractivity contribution in [3.8, 4) is 0 Å². The van der Waals surface area contributed by atoms with Crippen LogP contribution in [0.3, 0.4) is 0 Å². The lowest BCUT2D eigenvalue weighted by molar-refractivity contribution is -0.153. The van der Waals surface area contributed by atoms with Gasteiger partial charge in [0.15, 0.2) is 0 Å². The third-order valence-electron chi connectivity index (χ3n) is 5.66. The van der Waals surface area contributed by atoms with Crippen LogP contribution >= 0.6 is 0 Å². The van der Waals surface area contributed by atoms with Crippen LogP contribution < -0.4 is 0 Å². The predicted molar refractivity (Wildman–Crippen MR) is 69.8 cm³/mol. The Kier molecular flexibility index (Phi) is 3.04. The maximum atomic E-state index is 12.6. The lowest BCUT2D eigenvalue weighted by atomic mass is 9.48. The molecule has 1 nitrogen and oxygen atoms in total. The molecule has 0 amide bonds. The summed E-state index contributed by atoms with van der Waals surface area (Å²) in [5, 5.41) is 0. The molecule has 4 fully saturated rings. The van der Waals surface area contributed by atoms with E-state index < -0.39 is 0 Å². The topological polar surface area (TPSA) is 17.1 Å². The van der Waals surface area contributed by atoms with Crippen LogP contribution in [0.15, 0.2) is 0 Å². The van der Waals surface area contributed by atoms with Crippen LogP contribution in [0.4, 0.5) is 0 Å². The van der Waals surface area contributed by atoms with Crippen molar-refractivity contribution in [3.63, 3.8) is 0 Å². The quantitative estimate of drug-likeness (QED) is 0.646. The number of ketones is 1. The van der Waals surface area contributed by atoms with Crippen molar-refractivity contribution in [2.45, 2.75) is 71.1 Å². The monoisotopic (exact) mass is 234 g/mol. The Labute approximate surface area is 105 Å². The minimum absolute atomic E-state index is 0.169. The van der Waals surface area contributed by atoms with Crippen LogP contribution in [0.5, 0.6) is 0 Å². The summed E-state index contributed by atoms with van der Waals surface area (Å²) in [6.45, 7) is 2.26. The molecular weight excluding hydrogens is 208 g/mol. The van der Waals surface area contributed by atoms with Gasteiger partial charge < -0.3 is 0 Å². The fourth-order valence-electron chi connectivity index (χ4n) is 5.15. The van der Waals surface area contributed by atoms with Crippen LogP contribution in [-0.2, 0) is 4.79 Å². The van der Waals surface area contributed by atoms with E-state index in [0.29, 0.717) is 11.7 Å². The summed E-state index contributed by atoms with van der Waals surface area (Å²) in [5.41, 5.74) is 0.169. The summed E-state index contributed by atoms with van der Waals surface area (Å²) >= 11 is 0. The fraction of sp³-hybridized carbons (Fsp3) is 0.938. The average molecular weight is 234 g/mol. The Balaban J connectivity index is 1.66. The van der Waals surface area contributed by atoms with Gasteiger partial charge in [0.25, 0.3) is 0 Å². The Morgan fingerprint density at radius 2 is 1.76 bits per heavy atom. The van der Waals surface area contributed by atoms with Crippen LogP contribution in [-0.4, -0.2) is 5.78 Å².